The van der Waals surface area contributed by atoms with Crippen LogP contribution in [0.5, 0.6) is 5.75 Å². The maximum absolute atomic E-state index is 13.3. The molecule has 2 aromatic carbocycles. The number of hydrogen-bond acceptors (Lipinski definition) is 5. The maximum Gasteiger partial charge on any atom is 0.248 e. The van der Waals surface area contributed by atoms with Crippen LogP contribution in [-0.2, 0) is 11.3 Å². The van der Waals surface area contributed by atoms with Crippen molar-refractivity contribution in [3.8, 4) is 17.1 Å². The van der Waals surface area contributed by atoms with Crippen LogP contribution >= 0.6 is 0 Å². The minimum atomic E-state index is -0.390. The highest BCUT2D eigenvalue weighted by molar-refractivity contribution is 5.92. The normalized spacial score (nSPS) is 10.5. The van der Waals surface area contributed by atoms with E-state index in [0.717, 1.165) is 4.80 Å². The lowest BCUT2D eigenvalue weighted by Gasteiger charge is -2.10. The van der Waals surface area contributed by atoms with Gasteiger partial charge in [-0.15, -0.1) is 10.2 Å². The Kier molecular flexibility index (Phi) is 4.98. The molecule has 0 bridgehead atoms. The lowest BCUT2D eigenvalue weighted by Crippen LogP contribution is -2.20. The van der Waals surface area contributed by atoms with Crippen LogP contribution < -0.4 is 10.1 Å². The number of benzene rings is 2. The van der Waals surface area contributed by atoms with Crippen molar-refractivity contribution in [2.45, 2.75) is 13.5 Å². The van der Waals surface area contributed by atoms with Gasteiger partial charge < -0.3 is 10.1 Å². The molecule has 0 aliphatic heterocycles. The van der Waals surface area contributed by atoms with E-state index in [2.05, 4.69) is 20.7 Å². The van der Waals surface area contributed by atoms with E-state index >= 15 is 0 Å². The molecule has 1 amide bonds. The van der Waals surface area contributed by atoms with Crippen LogP contribution in [0.15, 0.2) is 48.5 Å². The van der Waals surface area contributed by atoms with Gasteiger partial charge in [0.25, 0.3) is 0 Å². The molecule has 1 heterocycles. The highest BCUT2D eigenvalue weighted by Crippen LogP contribution is 2.23. The Hall–Kier alpha value is -3.29. The third-order valence-corrected chi connectivity index (χ3v) is 3.28. The number of amides is 1. The van der Waals surface area contributed by atoms with Gasteiger partial charge >= 0.3 is 0 Å². The summed E-state index contributed by atoms with van der Waals surface area (Å²) in [6, 6.07) is 13.0. The van der Waals surface area contributed by atoms with Gasteiger partial charge in [-0.25, -0.2) is 4.39 Å². The molecular weight excluding hydrogens is 325 g/mol. The van der Waals surface area contributed by atoms with Crippen LogP contribution in [0.3, 0.4) is 0 Å². The summed E-state index contributed by atoms with van der Waals surface area (Å²) in [5.74, 6) is 0.127. The Balaban J connectivity index is 1.68. The van der Waals surface area contributed by atoms with Crippen molar-refractivity contribution in [1.82, 2.24) is 20.2 Å². The molecule has 0 radical (unpaired) electrons. The van der Waals surface area contributed by atoms with E-state index < -0.39 is 0 Å². The van der Waals surface area contributed by atoms with Crippen LogP contribution in [0, 0.1) is 5.82 Å². The van der Waals surface area contributed by atoms with E-state index in [1.165, 1.54) is 12.1 Å². The summed E-state index contributed by atoms with van der Waals surface area (Å²) in [6.07, 6.45) is 0. The molecule has 7 nitrogen and oxygen atoms in total. The van der Waals surface area contributed by atoms with Gasteiger partial charge in [0.1, 0.15) is 18.1 Å². The van der Waals surface area contributed by atoms with Crippen LogP contribution in [0.1, 0.15) is 6.92 Å². The minimum Gasteiger partial charge on any atom is -0.492 e. The number of aromatic nitrogens is 4. The van der Waals surface area contributed by atoms with Gasteiger partial charge in [0.2, 0.25) is 11.7 Å². The lowest BCUT2D eigenvalue weighted by atomic mass is 10.2. The summed E-state index contributed by atoms with van der Waals surface area (Å²) in [7, 11) is 0. The molecule has 0 spiro atoms. The fraction of sp³-hybridized carbons (Fsp3) is 0.176. The Morgan fingerprint density at radius 2 is 2.08 bits per heavy atom. The molecule has 1 aromatic heterocycles. The number of carbonyl (C=O) groups is 1. The summed E-state index contributed by atoms with van der Waals surface area (Å²) >= 11 is 0. The Morgan fingerprint density at radius 3 is 2.88 bits per heavy atom. The predicted octanol–water partition coefficient (Wildman–Crippen LogP) is 2.52. The number of tetrazole rings is 1. The van der Waals surface area contributed by atoms with Gasteiger partial charge in [-0.1, -0.05) is 24.3 Å². The first-order valence-corrected chi connectivity index (χ1v) is 7.71. The Labute approximate surface area is 143 Å². The number of carbonyl (C=O) groups excluding carboxylic acids is 1. The molecule has 128 valence electrons. The number of nitrogens with one attached hydrogen (secondary N) is 1. The fourth-order valence-electron chi connectivity index (χ4n) is 2.22. The minimum absolute atomic E-state index is 0.122. The molecule has 0 saturated heterocycles. The van der Waals surface area contributed by atoms with Crippen molar-refractivity contribution in [3.63, 3.8) is 0 Å². The van der Waals surface area contributed by atoms with E-state index in [1.54, 1.807) is 30.3 Å². The largest absolute Gasteiger partial charge is 0.492 e. The lowest BCUT2D eigenvalue weighted by molar-refractivity contribution is -0.117. The first-order valence-electron chi connectivity index (χ1n) is 7.71. The number of nitrogens with zero attached hydrogens (tertiary/aromatic N) is 4. The van der Waals surface area contributed by atoms with Gasteiger partial charge in [0.05, 0.1) is 12.3 Å². The average molecular weight is 341 g/mol. The topological polar surface area (TPSA) is 81.9 Å². The molecule has 3 aromatic rings. The maximum atomic E-state index is 13.3. The second-order valence-corrected chi connectivity index (χ2v) is 5.13. The zero-order valence-corrected chi connectivity index (χ0v) is 13.5. The van der Waals surface area contributed by atoms with Crippen LogP contribution in [0.2, 0.25) is 0 Å². The molecule has 0 fully saturated rings. The van der Waals surface area contributed by atoms with Gasteiger partial charge in [-0.3, -0.25) is 4.79 Å². The van der Waals surface area contributed by atoms with Crippen LogP contribution in [0.4, 0.5) is 10.1 Å². The molecule has 8 heteroatoms. The molecule has 0 atom stereocenters. The highest BCUT2D eigenvalue weighted by Gasteiger charge is 2.12. The third kappa shape index (κ3) is 4.17. The van der Waals surface area contributed by atoms with E-state index in [0.29, 0.717) is 23.6 Å². The Bertz CT molecular complexity index is 881. The second-order valence-electron chi connectivity index (χ2n) is 5.13. The molecule has 1 N–H and O–H groups in total. The van der Waals surface area contributed by atoms with Gasteiger partial charge in [0, 0.05) is 5.56 Å². The smallest absolute Gasteiger partial charge is 0.248 e. The molecule has 0 unspecified atom stereocenters. The third-order valence-electron chi connectivity index (χ3n) is 3.28. The SMILES string of the molecule is CCOc1ccccc1NC(=O)Cn1nnc(-c2cccc(F)c2)n1. The quantitative estimate of drug-likeness (QED) is 0.745. The van der Waals surface area contributed by atoms with Crippen molar-refractivity contribution in [2.24, 2.45) is 0 Å². The van der Waals surface area contributed by atoms with Crippen molar-refractivity contribution >= 4 is 11.6 Å². The summed E-state index contributed by atoms with van der Waals surface area (Å²) in [4.78, 5) is 13.3. The molecular formula is C17H16FN5O2. The van der Waals surface area contributed by atoms with Crippen molar-refractivity contribution in [1.29, 1.82) is 0 Å². The number of hydrogen-bond donors (Lipinski definition) is 1. The van der Waals surface area contributed by atoms with Crippen molar-refractivity contribution in [3.05, 3.63) is 54.3 Å². The zero-order chi connectivity index (χ0) is 17.6. The number of rotatable bonds is 6. The molecule has 0 saturated carbocycles. The van der Waals surface area contributed by atoms with Crippen LogP contribution in [-0.4, -0.2) is 32.7 Å². The molecule has 0 aliphatic carbocycles. The van der Waals surface area contributed by atoms with E-state index in [-0.39, 0.29) is 24.1 Å². The first kappa shape index (κ1) is 16.6. The Morgan fingerprint density at radius 1 is 1.24 bits per heavy atom. The number of para-hydroxylation sites is 2. The van der Waals surface area contributed by atoms with Gasteiger partial charge in [-0.2, -0.15) is 4.80 Å². The number of ether oxygens (including phenoxy) is 1. The van der Waals surface area contributed by atoms with E-state index in [9.17, 15) is 9.18 Å². The summed E-state index contributed by atoms with van der Waals surface area (Å²) in [6.45, 7) is 2.24. The first-order chi connectivity index (χ1) is 12.2. The molecule has 3 rings (SSSR count). The molecule has 0 aliphatic rings. The average Bonchev–Trinajstić information content (AvgIpc) is 3.05. The van der Waals surface area contributed by atoms with Crippen LogP contribution in [0.25, 0.3) is 11.4 Å². The summed E-state index contributed by atoms with van der Waals surface area (Å²) < 4.78 is 18.7. The number of halogens is 1. The highest BCUT2D eigenvalue weighted by atomic mass is 19.1. The number of anilines is 1. The van der Waals surface area contributed by atoms with Gasteiger partial charge in [0.15, 0.2) is 0 Å². The summed E-state index contributed by atoms with van der Waals surface area (Å²) in [5, 5.41) is 14.5. The van der Waals surface area contributed by atoms with Crippen molar-refractivity contribution < 1.29 is 13.9 Å². The fourth-order valence-corrected chi connectivity index (χ4v) is 2.22. The summed E-state index contributed by atoms with van der Waals surface area (Å²) in [5.41, 5.74) is 1.06. The van der Waals surface area contributed by atoms with E-state index in [1.807, 2.05) is 13.0 Å². The predicted molar refractivity (Wildman–Crippen MR) is 89.5 cm³/mol. The monoisotopic (exact) mass is 341 g/mol. The van der Waals surface area contributed by atoms with E-state index in [4.69, 9.17) is 4.74 Å². The molecule has 25 heavy (non-hydrogen) atoms. The standard InChI is InChI=1S/C17H16FN5O2/c1-2-25-15-9-4-3-8-14(15)19-16(24)11-23-21-17(20-22-23)12-6-5-7-13(18)10-12/h3-10H,2,11H2,1H3,(H,19,24). The zero-order valence-electron chi connectivity index (χ0n) is 13.5. The van der Waals surface area contributed by atoms with Gasteiger partial charge in [-0.05, 0) is 36.4 Å². The van der Waals surface area contributed by atoms with Crippen molar-refractivity contribution in [2.75, 3.05) is 11.9 Å². The second kappa shape index (κ2) is 7.52.